The molecule has 0 bridgehead atoms. The summed E-state index contributed by atoms with van der Waals surface area (Å²) in [4.78, 5) is 12.0. The number of carboxylic acids is 1. The summed E-state index contributed by atoms with van der Waals surface area (Å²) in [5.74, 6) is -2.23. The van der Waals surface area contributed by atoms with Crippen LogP contribution in [0, 0.1) is 18.7 Å². The molecule has 4 aromatic rings. The van der Waals surface area contributed by atoms with Crippen molar-refractivity contribution in [3.63, 3.8) is 0 Å². The molecule has 0 spiro atoms. The van der Waals surface area contributed by atoms with Crippen LogP contribution in [0.15, 0.2) is 42.5 Å². The number of carbonyl (C=O) groups is 1. The van der Waals surface area contributed by atoms with E-state index in [1.807, 2.05) is 18.5 Å². The smallest absolute Gasteiger partial charge is 0.311 e. The van der Waals surface area contributed by atoms with Gasteiger partial charge in [-0.1, -0.05) is 30.3 Å². The lowest BCUT2D eigenvalue weighted by Gasteiger charge is -2.25. The summed E-state index contributed by atoms with van der Waals surface area (Å²) in [7, 11) is 0. The monoisotopic (exact) mass is 464 g/mol. The number of aliphatic carboxylic acids is 1. The molecule has 3 aromatic heterocycles. The van der Waals surface area contributed by atoms with Gasteiger partial charge >= 0.3 is 5.97 Å². The molecule has 1 aromatic carbocycles. The van der Waals surface area contributed by atoms with Gasteiger partial charge in [0.05, 0.1) is 28.9 Å². The molecule has 3 heterocycles. The number of nitrogens with zero attached hydrogens (tertiary/aromatic N) is 4. The summed E-state index contributed by atoms with van der Waals surface area (Å²) >= 11 is 0. The minimum absolute atomic E-state index is 0.0163. The molecular formula is C26H26F2N4O2. The maximum absolute atomic E-state index is 15.0. The van der Waals surface area contributed by atoms with Crippen LogP contribution < -0.4 is 0 Å². The number of aromatic nitrogens is 4. The quantitative estimate of drug-likeness (QED) is 0.407. The van der Waals surface area contributed by atoms with E-state index in [0.29, 0.717) is 31.2 Å². The summed E-state index contributed by atoms with van der Waals surface area (Å²) in [6, 6.07) is 11.2. The second-order valence-corrected chi connectivity index (χ2v) is 8.97. The van der Waals surface area contributed by atoms with Gasteiger partial charge in [-0.3, -0.25) is 9.20 Å². The van der Waals surface area contributed by atoms with Crippen molar-refractivity contribution in [2.45, 2.75) is 57.9 Å². The number of halogens is 2. The molecule has 2 unspecified atom stereocenters. The van der Waals surface area contributed by atoms with Crippen molar-refractivity contribution in [3.05, 3.63) is 88.0 Å². The van der Waals surface area contributed by atoms with Crippen molar-refractivity contribution in [1.29, 1.82) is 0 Å². The minimum Gasteiger partial charge on any atom is -0.481 e. The lowest BCUT2D eigenvalue weighted by atomic mass is 9.85. The van der Waals surface area contributed by atoms with Crippen LogP contribution >= 0.6 is 0 Å². The predicted octanol–water partition coefficient (Wildman–Crippen LogP) is 5.02. The highest BCUT2D eigenvalue weighted by Gasteiger charge is 2.33. The maximum Gasteiger partial charge on any atom is 0.311 e. The Morgan fingerprint density at radius 2 is 1.97 bits per heavy atom. The predicted molar refractivity (Wildman–Crippen MR) is 123 cm³/mol. The molecule has 8 heteroatoms. The fourth-order valence-corrected chi connectivity index (χ4v) is 5.32. The van der Waals surface area contributed by atoms with Gasteiger partial charge in [0.2, 0.25) is 0 Å². The molecule has 1 aliphatic rings. The van der Waals surface area contributed by atoms with Crippen molar-refractivity contribution >= 4 is 11.5 Å². The number of hydrogen-bond donors (Lipinski definition) is 1. The van der Waals surface area contributed by atoms with E-state index < -0.39 is 17.8 Å². The standard InChI is InChI=1S/C26H26F2N4O2/c1-3-19(26(33)34)25-20-12-11-18(14-23(20)31-22(25)5-4-6-24(31)28)32-15(2)21(29-30-32)13-16-7-9-17(27)10-8-16/h4-10,18-19H,3,11-14H2,1-2H3,(H,33,34). The Labute approximate surface area is 195 Å². The van der Waals surface area contributed by atoms with E-state index >= 15 is 0 Å². The highest BCUT2D eigenvalue weighted by atomic mass is 19.1. The summed E-state index contributed by atoms with van der Waals surface area (Å²) in [5.41, 5.74) is 5.82. The van der Waals surface area contributed by atoms with Crippen LogP contribution in [-0.2, 0) is 24.1 Å². The van der Waals surface area contributed by atoms with Gasteiger partial charge in [-0.2, -0.15) is 4.39 Å². The fraction of sp³-hybridized carbons (Fsp3) is 0.346. The Bertz CT molecular complexity index is 1370. The zero-order valence-electron chi connectivity index (χ0n) is 19.1. The second-order valence-electron chi connectivity index (χ2n) is 8.97. The molecule has 5 rings (SSSR count). The van der Waals surface area contributed by atoms with E-state index in [1.165, 1.54) is 18.2 Å². The largest absolute Gasteiger partial charge is 0.481 e. The molecule has 34 heavy (non-hydrogen) atoms. The fourth-order valence-electron chi connectivity index (χ4n) is 5.32. The first kappa shape index (κ1) is 22.3. The topological polar surface area (TPSA) is 72.4 Å². The minimum atomic E-state index is -0.887. The van der Waals surface area contributed by atoms with Gasteiger partial charge < -0.3 is 5.11 Å². The highest BCUT2D eigenvalue weighted by Crippen LogP contribution is 2.40. The molecule has 2 atom stereocenters. The molecular weight excluding hydrogens is 438 g/mol. The van der Waals surface area contributed by atoms with E-state index in [9.17, 15) is 18.7 Å². The molecule has 0 fully saturated rings. The number of fused-ring (bicyclic) bond motifs is 3. The number of benzene rings is 1. The highest BCUT2D eigenvalue weighted by molar-refractivity contribution is 5.82. The van der Waals surface area contributed by atoms with Crippen LogP contribution in [0.3, 0.4) is 0 Å². The lowest BCUT2D eigenvalue weighted by Crippen LogP contribution is -2.22. The SMILES string of the molecule is CCC(C(=O)O)c1c2c(n3c(F)cccc13)CC(n1nnc(Cc3ccc(F)cc3)c1C)CC2. The zero-order valence-corrected chi connectivity index (χ0v) is 19.1. The summed E-state index contributed by atoms with van der Waals surface area (Å²) < 4.78 is 31.7. The molecule has 0 saturated heterocycles. The van der Waals surface area contributed by atoms with Crippen LogP contribution in [0.4, 0.5) is 8.78 Å². The number of pyridine rings is 1. The Kier molecular flexibility index (Phi) is 5.67. The van der Waals surface area contributed by atoms with Gasteiger partial charge in [-0.05, 0) is 67.1 Å². The first-order chi connectivity index (χ1) is 16.4. The average molecular weight is 465 g/mol. The number of carboxylic acid groups (broad SMARTS) is 1. The van der Waals surface area contributed by atoms with Crippen molar-refractivity contribution in [2.75, 3.05) is 0 Å². The molecule has 0 aliphatic heterocycles. The average Bonchev–Trinajstić information content (AvgIpc) is 3.34. The van der Waals surface area contributed by atoms with Crippen LogP contribution in [-0.4, -0.2) is 30.5 Å². The third kappa shape index (κ3) is 3.67. The van der Waals surface area contributed by atoms with Crippen LogP contribution in [0.5, 0.6) is 0 Å². The van der Waals surface area contributed by atoms with Crippen molar-refractivity contribution in [2.24, 2.45) is 0 Å². The Hall–Kier alpha value is -3.55. The molecule has 0 amide bonds. The second kappa shape index (κ2) is 8.66. The Morgan fingerprint density at radius 1 is 1.21 bits per heavy atom. The summed E-state index contributed by atoms with van der Waals surface area (Å²) in [5, 5.41) is 18.6. The molecule has 1 N–H and O–H groups in total. The van der Waals surface area contributed by atoms with Gasteiger partial charge in [-0.25, -0.2) is 9.07 Å². The van der Waals surface area contributed by atoms with Gasteiger partial charge in [0.1, 0.15) is 5.82 Å². The van der Waals surface area contributed by atoms with Crippen molar-refractivity contribution in [3.8, 4) is 0 Å². The zero-order chi connectivity index (χ0) is 24.0. The Morgan fingerprint density at radius 3 is 2.68 bits per heavy atom. The van der Waals surface area contributed by atoms with Gasteiger partial charge in [0.25, 0.3) is 0 Å². The molecule has 176 valence electrons. The molecule has 0 radical (unpaired) electrons. The normalized spacial score (nSPS) is 16.5. The molecule has 1 aliphatic carbocycles. The van der Waals surface area contributed by atoms with E-state index in [-0.39, 0.29) is 11.9 Å². The van der Waals surface area contributed by atoms with Crippen molar-refractivity contribution in [1.82, 2.24) is 19.4 Å². The van der Waals surface area contributed by atoms with Crippen LogP contribution in [0.2, 0.25) is 0 Å². The number of hydrogen-bond acceptors (Lipinski definition) is 3. The van der Waals surface area contributed by atoms with Gasteiger partial charge in [-0.15, -0.1) is 5.10 Å². The lowest BCUT2D eigenvalue weighted by molar-refractivity contribution is -0.138. The van der Waals surface area contributed by atoms with E-state index in [4.69, 9.17) is 0 Å². The summed E-state index contributed by atoms with van der Waals surface area (Å²) in [6.07, 6.45) is 2.93. The molecule has 0 saturated carbocycles. The van der Waals surface area contributed by atoms with Gasteiger partial charge in [0, 0.05) is 18.5 Å². The number of rotatable bonds is 6. The summed E-state index contributed by atoms with van der Waals surface area (Å²) in [6.45, 7) is 3.81. The van der Waals surface area contributed by atoms with Crippen LogP contribution in [0.25, 0.3) is 5.52 Å². The maximum atomic E-state index is 15.0. The third-order valence-electron chi connectivity index (χ3n) is 7.03. The van der Waals surface area contributed by atoms with E-state index in [0.717, 1.165) is 40.2 Å². The van der Waals surface area contributed by atoms with E-state index in [2.05, 4.69) is 10.3 Å². The van der Waals surface area contributed by atoms with Crippen LogP contribution in [0.1, 0.15) is 65.5 Å². The first-order valence-electron chi connectivity index (χ1n) is 11.6. The Balaban J connectivity index is 1.51. The van der Waals surface area contributed by atoms with Gasteiger partial charge in [0.15, 0.2) is 5.95 Å². The van der Waals surface area contributed by atoms with E-state index in [1.54, 1.807) is 28.7 Å². The first-order valence-corrected chi connectivity index (χ1v) is 11.6. The third-order valence-corrected chi connectivity index (χ3v) is 7.03. The van der Waals surface area contributed by atoms with Crippen molar-refractivity contribution < 1.29 is 18.7 Å². The molecule has 6 nitrogen and oxygen atoms in total.